The molecule has 0 aliphatic heterocycles. The van der Waals surface area contributed by atoms with Crippen molar-refractivity contribution in [1.82, 2.24) is 9.55 Å². The van der Waals surface area contributed by atoms with Gasteiger partial charge in [-0.05, 0) is 30.2 Å². The van der Waals surface area contributed by atoms with E-state index in [1.165, 1.54) is 26.6 Å². The molecular formula is C20H20N2O6. The molecule has 8 heteroatoms. The molecule has 1 aromatic carbocycles. The lowest BCUT2D eigenvalue weighted by atomic mass is 10.1. The number of aromatic nitrogens is 2. The fraction of sp³-hybridized carbons (Fsp3) is 0.250. The van der Waals surface area contributed by atoms with Crippen molar-refractivity contribution in [2.45, 2.75) is 13.0 Å². The number of carbonyl (C=O) groups is 2. The molecule has 3 aromatic rings. The van der Waals surface area contributed by atoms with E-state index in [2.05, 4.69) is 14.5 Å². The molecule has 0 fully saturated rings. The van der Waals surface area contributed by atoms with Crippen molar-refractivity contribution in [3.8, 4) is 5.75 Å². The molecule has 0 aliphatic rings. The summed E-state index contributed by atoms with van der Waals surface area (Å²) < 4.78 is 16.2. The van der Waals surface area contributed by atoms with Crippen LogP contribution < -0.4 is 10.2 Å². The first-order valence-corrected chi connectivity index (χ1v) is 8.53. The van der Waals surface area contributed by atoms with Crippen molar-refractivity contribution in [1.29, 1.82) is 0 Å². The summed E-state index contributed by atoms with van der Waals surface area (Å²) in [4.78, 5) is 39.4. The number of methoxy groups -OCH3 is 3. The summed E-state index contributed by atoms with van der Waals surface area (Å²) in [5, 5.41) is 1.02. The highest BCUT2D eigenvalue weighted by Crippen LogP contribution is 2.24. The second-order valence-corrected chi connectivity index (χ2v) is 6.11. The topological polar surface area (TPSA) is 99.6 Å². The predicted molar refractivity (Wildman–Crippen MR) is 102 cm³/mol. The molecule has 8 nitrogen and oxygen atoms in total. The fourth-order valence-electron chi connectivity index (χ4n) is 3.01. The summed E-state index contributed by atoms with van der Waals surface area (Å²) in [6.45, 7) is 0.429. The van der Waals surface area contributed by atoms with Gasteiger partial charge in [-0.1, -0.05) is 0 Å². The fourth-order valence-corrected chi connectivity index (χ4v) is 3.01. The summed E-state index contributed by atoms with van der Waals surface area (Å²) in [5.74, 6) is -0.861. The van der Waals surface area contributed by atoms with Crippen LogP contribution >= 0.6 is 0 Å². The number of rotatable bonds is 6. The highest BCUT2D eigenvalue weighted by molar-refractivity contribution is 5.94. The molecule has 0 unspecified atom stereocenters. The van der Waals surface area contributed by atoms with Gasteiger partial charge in [0.1, 0.15) is 16.9 Å². The highest BCUT2D eigenvalue weighted by atomic mass is 16.5. The zero-order valence-electron chi connectivity index (χ0n) is 15.8. The third-order valence-corrected chi connectivity index (χ3v) is 4.50. The van der Waals surface area contributed by atoms with Crippen molar-refractivity contribution in [2.75, 3.05) is 21.3 Å². The average molecular weight is 384 g/mol. The molecule has 0 atom stereocenters. The number of H-pyrrole nitrogens is 1. The Morgan fingerprint density at radius 1 is 1.04 bits per heavy atom. The van der Waals surface area contributed by atoms with Gasteiger partial charge in [0.25, 0.3) is 0 Å². The van der Waals surface area contributed by atoms with E-state index in [4.69, 9.17) is 4.74 Å². The van der Waals surface area contributed by atoms with Gasteiger partial charge in [-0.2, -0.15) is 0 Å². The van der Waals surface area contributed by atoms with E-state index in [0.717, 1.165) is 22.2 Å². The largest absolute Gasteiger partial charge is 0.497 e. The van der Waals surface area contributed by atoms with Crippen LogP contribution in [0, 0.1) is 0 Å². The number of benzene rings is 1. The Kier molecular flexibility index (Phi) is 5.49. The lowest BCUT2D eigenvalue weighted by Crippen LogP contribution is -2.26. The Bertz CT molecular complexity index is 1060. The van der Waals surface area contributed by atoms with Gasteiger partial charge < -0.3 is 23.8 Å². The Hall–Kier alpha value is -3.55. The number of aromatic amines is 1. The lowest BCUT2D eigenvalue weighted by Gasteiger charge is -2.10. The SMILES string of the molecule is COC(=O)c1cn(CCc2c[nH]c3ccc(OC)cc23)cc(C(=O)OC)c1=O. The van der Waals surface area contributed by atoms with Gasteiger partial charge >= 0.3 is 11.9 Å². The minimum absolute atomic E-state index is 0.217. The van der Waals surface area contributed by atoms with Gasteiger partial charge in [-0.25, -0.2) is 9.59 Å². The van der Waals surface area contributed by atoms with E-state index in [1.54, 1.807) is 11.7 Å². The Morgan fingerprint density at radius 3 is 2.25 bits per heavy atom. The van der Waals surface area contributed by atoms with Gasteiger partial charge in [0.2, 0.25) is 5.43 Å². The molecule has 2 aromatic heterocycles. The normalized spacial score (nSPS) is 10.7. The summed E-state index contributed by atoms with van der Waals surface area (Å²) in [6.07, 6.45) is 5.26. The first-order chi connectivity index (χ1) is 13.5. The van der Waals surface area contributed by atoms with E-state index in [0.29, 0.717) is 13.0 Å². The van der Waals surface area contributed by atoms with Crippen molar-refractivity contribution in [3.63, 3.8) is 0 Å². The molecule has 146 valence electrons. The van der Waals surface area contributed by atoms with E-state index in [1.807, 2.05) is 24.4 Å². The Labute approximate surface area is 160 Å². The number of aryl methyl sites for hydroxylation is 2. The van der Waals surface area contributed by atoms with Crippen molar-refractivity contribution in [3.05, 3.63) is 63.7 Å². The Morgan fingerprint density at radius 2 is 1.68 bits per heavy atom. The highest BCUT2D eigenvalue weighted by Gasteiger charge is 2.20. The van der Waals surface area contributed by atoms with Crippen molar-refractivity contribution in [2.24, 2.45) is 0 Å². The second kappa shape index (κ2) is 7.99. The molecule has 0 spiro atoms. The van der Waals surface area contributed by atoms with E-state index in [-0.39, 0.29) is 11.1 Å². The van der Waals surface area contributed by atoms with Crippen molar-refractivity contribution >= 4 is 22.8 Å². The van der Waals surface area contributed by atoms with Gasteiger partial charge in [0.15, 0.2) is 0 Å². The zero-order chi connectivity index (χ0) is 20.3. The van der Waals surface area contributed by atoms with Gasteiger partial charge in [-0.15, -0.1) is 0 Å². The molecule has 1 N–H and O–H groups in total. The van der Waals surface area contributed by atoms with E-state index >= 15 is 0 Å². The molecular weight excluding hydrogens is 364 g/mol. The zero-order valence-corrected chi connectivity index (χ0v) is 15.8. The van der Waals surface area contributed by atoms with Crippen LogP contribution in [0.3, 0.4) is 0 Å². The molecule has 0 amide bonds. The number of hydrogen-bond acceptors (Lipinski definition) is 6. The van der Waals surface area contributed by atoms with Crippen LogP contribution in [0.4, 0.5) is 0 Å². The minimum Gasteiger partial charge on any atom is -0.497 e. The first-order valence-electron chi connectivity index (χ1n) is 8.53. The maximum absolute atomic E-state index is 12.4. The molecule has 0 saturated heterocycles. The third-order valence-electron chi connectivity index (χ3n) is 4.50. The summed E-state index contributed by atoms with van der Waals surface area (Å²) >= 11 is 0. The molecule has 2 heterocycles. The average Bonchev–Trinajstić information content (AvgIpc) is 3.13. The lowest BCUT2D eigenvalue weighted by molar-refractivity contribution is 0.0594. The number of nitrogens with one attached hydrogen (secondary N) is 1. The maximum atomic E-state index is 12.4. The molecule has 3 rings (SSSR count). The predicted octanol–water partition coefficient (Wildman–Crippen LogP) is 2.15. The second-order valence-electron chi connectivity index (χ2n) is 6.11. The van der Waals surface area contributed by atoms with Crippen LogP contribution in [0.15, 0.2) is 41.6 Å². The smallest absolute Gasteiger partial charge is 0.343 e. The number of pyridine rings is 1. The first kappa shape index (κ1) is 19.2. The van der Waals surface area contributed by atoms with Gasteiger partial charge in [-0.3, -0.25) is 4.79 Å². The molecule has 0 aliphatic carbocycles. The van der Waals surface area contributed by atoms with E-state index < -0.39 is 17.4 Å². The maximum Gasteiger partial charge on any atom is 0.343 e. The van der Waals surface area contributed by atoms with Crippen LogP contribution in [-0.4, -0.2) is 42.8 Å². The van der Waals surface area contributed by atoms with Gasteiger partial charge in [0.05, 0.1) is 21.3 Å². The molecule has 28 heavy (non-hydrogen) atoms. The summed E-state index contributed by atoms with van der Waals surface area (Å²) in [7, 11) is 3.96. The van der Waals surface area contributed by atoms with Crippen LogP contribution in [0.25, 0.3) is 10.9 Å². The molecule has 0 bridgehead atoms. The van der Waals surface area contributed by atoms with Crippen LogP contribution in [0.5, 0.6) is 5.75 Å². The number of ether oxygens (including phenoxy) is 3. The minimum atomic E-state index is -0.804. The monoisotopic (exact) mass is 384 g/mol. The van der Waals surface area contributed by atoms with Crippen LogP contribution in [-0.2, 0) is 22.4 Å². The molecule has 0 saturated carbocycles. The quantitative estimate of drug-likeness (QED) is 0.654. The van der Waals surface area contributed by atoms with Gasteiger partial charge in [0, 0.05) is 36.0 Å². The Balaban J connectivity index is 1.95. The third kappa shape index (κ3) is 3.62. The molecule has 0 radical (unpaired) electrons. The number of hydrogen-bond donors (Lipinski definition) is 1. The van der Waals surface area contributed by atoms with Crippen molar-refractivity contribution < 1.29 is 23.8 Å². The van der Waals surface area contributed by atoms with Crippen LogP contribution in [0.2, 0.25) is 0 Å². The summed E-state index contributed by atoms with van der Waals surface area (Å²) in [6, 6.07) is 5.74. The standard InChI is InChI=1S/C20H20N2O6/c1-26-13-4-5-17-14(8-13)12(9-21-17)6-7-22-10-15(19(24)27-2)18(23)16(11-22)20(25)28-3/h4-5,8-11,21H,6-7H2,1-3H3. The number of fused-ring (bicyclic) bond motifs is 1. The number of carbonyl (C=O) groups excluding carboxylic acids is 2. The number of nitrogens with zero attached hydrogens (tertiary/aromatic N) is 1. The summed E-state index contributed by atoms with van der Waals surface area (Å²) in [5.41, 5.74) is 0.858. The van der Waals surface area contributed by atoms with E-state index in [9.17, 15) is 14.4 Å². The van der Waals surface area contributed by atoms with Crippen LogP contribution in [0.1, 0.15) is 26.3 Å². The number of esters is 2.